The maximum Gasteiger partial charge on any atom is 0.416 e. The molecule has 0 bridgehead atoms. The van der Waals surface area contributed by atoms with Crippen LogP contribution in [-0.4, -0.2) is 13.0 Å². The summed E-state index contributed by atoms with van der Waals surface area (Å²) in [6.07, 6.45) is -3.53. The number of aryl methyl sites for hydroxylation is 1. The zero-order chi connectivity index (χ0) is 24.0. The van der Waals surface area contributed by atoms with Gasteiger partial charge in [-0.1, -0.05) is 60.1 Å². The van der Waals surface area contributed by atoms with Crippen molar-refractivity contribution in [3.63, 3.8) is 0 Å². The van der Waals surface area contributed by atoms with E-state index in [1.54, 1.807) is 6.07 Å². The average Bonchev–Trinajstić information content (AvgIpc) is 2.81. The van der Waals surface area contributed by atoms with Crippen molar-refractivity contribution in [1.82, 2.24) is 10.6 Å². The first-order valence-electron chi connectivity index (χ1n) is 10.3. The smallest absolute Gasteiger partial charge is 0.358 e. The zero-order valence-corrected chi connectivity index (χ0v) is 18.6. The SMILES string of the molecule is CNC(=O)[C@H](N[C@@H](CCc1ccc(C(F)(F)F)cc1)c1ccc(F)c(Cl)c1)c1ccccc1. The molecule has 0 spiro atoms. The van der Waals surface area contributed by atoms with Crippen LogP contribution in [0.5, 0.6) is 0 Å². The Balaban J connectivity index is 1.87. The zero-order valence-electron chi connectivity index (χ0n) is 17.8. The maximum absolute atomic E-state index is 13.7. The molecule has 0 unspecified atom stereocenters. The molecule has 0 heterocycles. The molecule has 3 rings (SSSR count). The second kappa shape index (κ2) is 10.8. The van der Waals surface area contributed by atoms with E-state index in [9.17, 15) is 22.4 Å². The molecule has 0 saturated carbocycles. The Bertz CT molecular complexity index is 1070. The molecule has 33 heavy (non-hydrogen) atoms. The number of carbonyl (C=O) groups is 1. The highest BCUT2D eigenvalue weighted by Gasteiger charge is 2.30. The number of rotatable bonds is 8. The molecule has 0 aliphatic heterocycles. The Hall–Kier alpha value is -2.90. The van der Waals surface area contributed by atoms with E-state index >= 15 is 0 Å². The lowest BCUT2D eigenvalue weighted by molar-refractivity contribution is -0.137. The second-order valence-corrected chi connectivity index (χ2v) is 7.99. The highest BCUT2D eigenvalue weighted by molar-refractivity contribution is 6.30. The van der Waals surface area contributed by atoms with E-state index in [4.69, 9.17) is 11.6 Å². The summed E-state index contributed by atoms with van der Waals surface area (Å²) in [6.45, 7) is 0. The van der Waals surface area contributed by atoms with Crippen molar-refractivity contribution in [2.75, 3.05) is 7.05 Å². The van der Waals surface area contributed by atoms with Gasteiger partial charge in [0.25, 0.3) is 0 Å². The Morgan fingerprint density at radius 3 is 2.21 bits per heavy atom. The van der Waals surface area contributed by atoms with Crippen molar-refractivity contribution in [3.8, 4) is 0 Å². The number of hydrogen-bond donors (Lipinski definition) is 2. The summed E-state index contributed by atoms with van der Waals surface area (Å²) in [5, 5.41) is 5.91. The van der Waals surface area contributed by atoms with Crippen LogP contribution in [-0.2, 0) is 17.4 Å². The van der Waals surface area contributed by atoms with Gasteiger partial charge in [-0.2, -0.15) is 13.2 Å². The van der Waals surface area contributed by atoms with Crippen molar-refractivity contribution in [2.24, 2.45) is 0 Å². The molecule has 2 N–H and O–H groups in total. The van der Waals surface area contributed by atoms with Crippen LogP contribution in [0.3, 0.4) is 0 Å². The van der Waals surface area contributed by atoms with E-state index in [2.05, 4.69) is 10.6 Å². The lowest BCUT2D eigenvalue weighted by atomic mass is 9.96. The third kappa shape index (κ3) is 6.55. The minimum absolute atomic E-state index is 0.0509. The molecule has 2 atom stereocenters. The molecule has 0 fully saturated rings. The lowest BCUT2D eigenvalue weighted by Gasteiger charge is -2.26. The normalized spacial score (nSPS) is 13.4. The summed E-state index contributed by atoms with van der Waals surface area (Å²) >= 11 is 5.99. The van der Waals surface area contributed by atoms with Gasteiger partial charge >= 0.3 is 6.18 Å². The summed E-state index contributed by atoms with van der Waals surface area (Å²) in [5.74, 6) is -0.818. The van der Waals surface area contributed by atoms with Crippen LogP contribution in [0.15, 0.2) is 72.8 Å². The van der Waals surface area contributed by atoms with Gasteiger partial charge in [0, 0.05) is 13.1 Å². The third-order valence-corrected chi connectivity index (χ3v) is 5.65. The van der Waals surface area contributed by atoms with Crippen molar-refractivity contribution in [1.29, 1.82) is 0 Å². The fourth-order valence-corrected chi connectivity index (χ4v) is 3.75. The number of nitrogens with one attached hydrogen (secondary N) is 2. The van der Waals surface area contributed by atoms with Crippen molar-refractivity contribution in [3.05, 3.63) is 106 Å². The Labute approximate surface area is 194 Å². The quantitative estimate of drug-likeness (QED) is 0.376. The molecule has 8 heteroatoms. The van der Waals surface area contributed by atoms with Gasteiger partial charge in [-0.3, -0.25) is 10.1 Å². The second-order valence-electron chi connectivity index (χ2n) is 7.58. The fraction of sp³-hybridized carbons (Fsp3) is 0.240. The van der Waals surface area contributed by atoms with E-state index in [0.29, 0.717) is 24.0 Å². The third-order valence-electron chi connectivity index (χ3n) is 5.36. The molecule has 3 aromatic rings. The summed E-state index contributed by atoms with van der Waals surface area (Å²) < 4.78 is 52.3. The summed E-state index contributed by atoms with van der Waals surface area (Å²) in [5.41, 5.74) is 1.40. The van der Waals surface area contributed by atoms with Crippen molar-refractivity contribution in [2.45, 2.75) is 31.1 Å². The number of hydrogen-bond acceptors (Lipinski definition) is 2. The molecule has 0 aliphatic rings. The van der Waals surface area contributed by atoms with Crippen LogP contribution in [0.2, 0.25) is 5.02 Å². The van der Waals surface area contributed by atoms with E-state index in [1.807, 2.05) is 30.3 Å². The van der Waals surface area contributed by atoms with E-state index < -0.39 is 29.6 Å². The Morgan fingerprint density at radius 1 is 0.970 bits per heavy atom. The number of halogens is 5. The maximum atomic E-state index is 13.7. The molecule has 1 amide bonds. The van der Waals surface area contributed by atoms with Gasteiger partial charge in [-0.05, 0) is 53.8 Å². The molecule has 0 aromatic heterocycles. The van der Waals surface area contributed by atoms with E-state index in [-0.39, 0.29) is 10.9 Å². The highest BCUT2D eigenvalue weighted by atomic mass is 35.5. The molecule has 0 saturated heterocycles. The first-order chi connectivity index (χ1) is 15.7. The summed E-state index contributed by atoms with van der Waals surface area (Å²) in [7, 11) is 1.53. The summed E-state index contributed by atoms with van der Waals surface area (Å²) in [4.78, 5) is 12.6. The first kappa shape index (κ1) is 24.7. The highest BCUT2D eigenvalue weighted by Crippen LogP contribution is 2.31. The van der Waals surface area contributed by atoms with E-state index in [1.165, 1.54) is 31.3 Å². The van der Waals surface area contributed by atoms with Crippen LogP contribution < -0.4 is 10.6 Å². The molecule has 0 aliphatic carbocycles. The molecular formula is C25H23ClF4N2O. The van der Waals surface area contributed by atoms with Gasteiger partial charge in [0.15, 0.2) is 0 Å². The van der Waals surface area contributed by atoms with Crippen LogP contribution in [0.4, 0.5) is 17.6 Å². The number of amides is 1. The minimum atomic E-state index is -4.40. The van der Waals surface area contributed by atoms with Crippen molar-refractivity contribution >= 4 is 17.5 Å². The number of benzene rings is 3. The lowest BCUT2D eigenvalue weighted by Crippen LogP contribution is -2.38. The standard InChI is InChI=1S/C25H23ClF4N2O/c1-31-24(33)23(17-5-3-2-4-6-17)32-22(18-10-13-21(27)20(26)15-18)14-9-16-7-11-19(12-8-16)25(28,29)30/h2-8,10-13,15,22-23,32H,9,14H2,1H3,(H,31,33)/t22-,23+/m0/s1. The minimum Gasteiger partial charge on any atom is -0.358 e. The topological polar surface area (TPSA) is 41.1 Å². The number of alkyl halides is 3. The number of likely N-dealkylation sites (N-methyl/N-ethyl adjacent to an activating group) is 1. The van der Waals surface area contributed by atoms with Crippen LogP contribution in [0, 0.1) is 5.82 Å². The molecular weight excluding hydrogens is 456 g/mol. The fourth-order valence-electron chi connectivity index (χ4n) is 3.56. The molecule has 0 radical (unpaired) electrons. The van der Waals surface area contributed by atoms with Crippen molar-refractivity contribution < 1.29 is 22.4 Å². The van der Waals surface area contributed by atoms with Gasteiger partial charge < -0.3 is 5.32 Å². The predicted molar refractivity (Wildman–Crippen MR) is 120 cm³/mol. The largest absolute Gasteiger partial charge is 0.416 e. The molecule has 3 aromatic carbocycles. The Kier molecular flexibility index (Phi) is 8.10. The molecule has 3 nitrogen and oxygen atoms in total. The van der Waals surface area contributed by atoms with Gasteiger partial charge in [0.05, 0.1) is 10.6 Å². The first-order valence-corrected chi connectivity index (χ1v) is 10.7. The van der Waals surface area contributed by atoms with Gasteiger partial charge in [-0.25, -0.2) is 4.39 Å². The number of carbonyl (C=O) groups excluding carboxylic acids is 1. The predicted octanol–water partition coefficient (Wildman–Crippen LogP) is 6.25. The van der Waals surface area contributed by atoms with Crippen LogP contribution in [0.25, 0.3) is 0 Å². The van der Waals surface area contributed by atoms with Crippen LogP contribution in [0.1, 0.15) is 40.8 Å². The monoisotopic (exact) mass is 478 g/mol. The van der Waals surface area contributed by atoms with Gasteiger partial charge in [-0.15, -0.1) is 0 Å². The Morgan fingerprint density at radius 2 is 1.64 bits per heavy atom. The molecule has 174 valence electrons. The van der Waals surface area contributed by atoms with Crippen LogP contribution >= 0.6 is 11.6 Å². The summed E-state index contributed by atoms with van der Waals surface area (Å²) in [6, 6.07) is 17.3. The average molecular weight is 479 g/mol. The van der Waals surface area contributed by atoms with Gasteiger partial charge in [0.2, 0.25) is 5.91 Å². The van der Waals surface area contributed by atoms with Gasteiger partial charge in [0.1, 0.15) is 11.9 Å². The van der Waals surface area contributed by atoms with E-state index in [0.717, 1.165) is 17.7 Å².